The predicted molar refractivity (Wildman–Crippen MR) is 147 cm³/mol. The molecule has 1 unspecified atom stereocenters. The second-order valence-corrected chi connectivity index (χ2v) is 12.9. The van der Waals surface area contributed by atoms with E-state index in [1.807, 2.05) is 0 Å². The number of anilines is 1. The molecule has 0 aliphatic heterocycles. The monoisotopic (exact) mass is 557 g/mol. The molecule has 200 valence electrons. The van der Waals surface area contributed by atoms with Crippen LogP contribution in [0.5, 0.6) is 0 Å². The van der Waals surface area contributed by atoms with Crippen LogP contribution in [0.4, 0.5) is 10.2 Å². The van der Waals surface area contributed by atoms with Gasteiger partial charge in [-0.25, -0.2) is 31.7 Å². The normalized spacial score (nSPS) is 25.8. The zero-order chi connectivity index (χ0) is 27.1. The van der Waals surface area contributed by atoms with Crippen molar-refractivity contribution in [1.29, 1.82) is 0 Å². The summed E-state index contributed by atoms with van der Waals surface area (Å²) in [5.74, 6) is -0.489. The molecule has 3 aromatic rings. The van der Waals surface area contributed by atoms with Crippen molar-refractivity contribution in [2.45, 2.75) is 61.8 Å². The number of nitrogens with one attached hydrogen (secondary N) is 1. The first-order valence-corrected chi connectivity index (χ1v) is 14.3. The molecule has 3 atom stereocenters. The molecule has 5 rings (SSSR count). The van der Waals surface area contributed by atoms with Gasteiger partial charge in [-0.15, -0.1) is 6.58 Å². The maximum atomic E-state index is 14.8. The molecule has 0 aromatic carbocycles. The van der Waals surface area contributed by atoms with Gasteiger partial charge in [0.2, 0.25) is 10.0 Å². The number of allylic oxidation sites excluding steroid dienone is 3. The van der Waals surface area contributed by atoms with Crippen molar-refractivity contribution < 1.29 is 17.9 Å². The lowest BCUT2D eigenvalue weighted by Crippen LogP contribution is -2.40. The fourth-order valence-corrected chi connectivity index (χ4v) is 7.35. The summed E-state index contributed by atoms with van der Waals surface area (Å²) in [7, 11) is -4.01. The number of hydrogen-bond donors (Lipinski definition) is 2. The maximum Gasteiger partial charge on any atom is 0.249 e. The molecule has 1 fully saturated rings. The average molecular weight is 558 g/mol. The third-order valence-corrected chi connectivity index (χ3v) is 9.79. The first-order valence-electron chi connectivity index (χ1n) is 12.4. The van der Waals surface area contributed by atoms with Crippen molar-refractivity contribution in [3.05, 3.63) is 72.5 Å². The second-order valence-electron chi connectivity index (χ2n) is 10.2. The Morgan fingerprint density at radius 3 is 2.97 bits per heavy atom. The third-order valence-electron chi connectivity index (χ3n) is 7.29. The average Bonchev–Trinajstić information content (AvgIpc) is 3.26. The van der Waals surface area contributed by atoms with E-state index in [1.54, 1.807) is 37.3 Å². The van der Waals surface area contributed by atoms with Gasteiger partial charge in [-0.2, -0.15) is 0 Å². The molecule has 8 nitrogen and oxygen atoms in total. The Balaban J connectivity index is 1.54. The summed E-state index contributed by atoms with van der Waals surface area (Å²) in [6.45, 7) is 5.33. The Bertz CT molecular complexity index is 1570. The van der Waals surface area contributed by atoms with E-state index in [2.05, 4.69) is 26.8 Å². The quantitative estimate of drug-likeness (QED) is 0.379. The molecule has 2 aliphatic carbocycles. The maximum absolute atomic E-state index is 14.8. The van der Waals surface area contributed by atoms with E-state index >= 15 is 0 Å². The van der Waals surface area contributed by atoms with Crippen LogP contribution < -0.4 is 5.32 Å². The van der Waals surface area contributed by atoms with Gasteiger partial charge in [0.15, 0.2) is 23.1 Å². The molecule has 38 heavy (non-hydrogen) atoms. The van der Waals surface area contributed by atoms with Gasteiger partial charge in [-0.1, -0.05) is 23.8 Å². The van der Waals surface area contributed by atoms with Crippen LogP contribution in [0.2, 0.25) is 0 Å². The first kappa shape index (κ1) is 26.5. The number of pyridine rings is 1. The molecule has 0 spiro atoms. The number of aliphatic hydroxyl groups is 1. The van der Waals surface area contributed by atoms with Crippen LogP contribution in [0, 0.1) is 5.82 Å². The second kappa shape index (κ2) is 9.91. The van der Waals surface area contributed by atoms with Crippen LogP contribution in [0.25, 0.3) is 22.4 Å². The molecule has 0 saturated heterocycles. The van der Waals surface area contributed by atoms with E-state index in [0.717, 1.165) is 23.0 Å². The van der Waals surface area contributed by atoms with Crippen LogP contribution in [0.1, 0.15) is 45.4 Å². The minimum atomic E-state index is -4.01. The molecule has 2 N–H and O–H groups in total. The largest absolute Gasteiger partial charge is 0.389 e. The van der Waals surface area contributed by atoms with E-state index in [4.69, 9.17) is 11.6 Å². The third kappa shape index (κ3) is 4.76. The Labute approximate surface area is 226 Å². The molecule has 0 radical (unpaired) electrons. The first-order chi connectivity index (χ1) is 18.1. The zero-order valence-electron chi connectivity index (χ0n) is 20.9. The fourth-order valence-electron chi connectivity index (χ4n) is 5.31. The van der Waals surface area contributed by atoms with E-state index in [1.165, 1.54) is 18.5 Å². The van der Waals surface area contributed by atoms with Gasteiger partial charge in [-0.05, 0) is 69.7 Å². The molecule has 3 aromatic heterocycles. The lowest BCUT2D eigenvalue weighted by molar-refractivity contribution is 0.00294. The summed E-state index contributed by atoms with van der Waals surface area (Å²) >= 11 is 6.16. The van der Waals surface area contributed by atoms with Gasteiger partial charge < -0.3 is 10.4 Å². The molecule has 0 bridgehead atoms. The highest BCUT2D eigenvalue weighted by Gasteiger charge is 2.41. The van der Waals surface area contributed by atoms with Gasteiger partial charge in [0.1, 0.15) is 4.75 Å². The minimum absolute atomic E-state index is 0.00500. The molecule has 11 heteroatoms. The predicted octanol–water partition coefficient (Wildman–Crippen LogP) is 5.31. The van der Waals surface area contributed by atoms with Crippen molar-refractivity contribution in [3.8, 4) is 11.4 Å². The van der Waals surface area contributed by atoms with Gasteiger partial charge in [0.25, 0.3) is 0 Å². The summed E-state index contributed by atoms with van der Waals surface area (Å²) in [4.78, 5) is 13.0. The number of halogens is 2. The molecule has 0 amide bonds. The highest BCUT2D eigenvalue weighted by atomic mass is 35.5. The number of nitrogens with zero attached hydrogens (tertiary/aromatic N) is 4. The highest BCUT2D eigenvalue weighted by molar-refractivity contribution is 7.91. The highest BCUT2D eigenvalue weighted by Crippen LogP contribution is 2.37. The number of aromatic nitrogens is 4. The Kier molecular flexibility index (Phi) is 6.91. The van der Waals surface area contributed by atoms with E-state index < -0.39 is 26.2 Å². The number of rotatable bonds is 7. The van der Waals surface area contributed by atoms with Gasteiger partial charge >= 0.3 is 0 Å². The van der Waals surface area contributed by atoms with Gasteiger partial charge in [0, 0.05) is 34.4 Å². The summed E-state index contributed by atoms with van der Waals surface area (Å²) < 4.78 is 42.4. The smallest absolute Gasteiger partial charge is 0.249 e. The Hall–Kier alpha value is -3.08. The number of fused-ring (bicyclic) bond motifs is 1. The molecular formula is C27H29ClFN5O3S. The van der Waals surface area contributed by atoms with Crippen LogP contribution >= 0.6 is 11.6 Å². The van der Waals surface area contributed by atoms with Gasteiger partial charge in [-0.3, -0.25) is 0 Å². The summed E-state index contributed by atoms with van der Waals surface area (Å²) in [6, 6.07) is 3.23. The van der Waals surface area contributed by atoms with Crippen molar-refractivity contribution >= 4 is 38.5 Å². The topological polar surface area (TPSA) is 110 Å². The fraction of sp³-hybridized carbons (Fsp3) is 0.370. The van der Waals surface area contributed by atoms with Crippen molar-refractivity contribution in [2.24, 2.45) is 0 Å². The standard InChI is InChI=1S/C27H29ClFN5O3S/c1-3-10-27(35)12-5-8-19(15-27)32-24-22(29)16-31-23(33-24)21-17-34(25-20(21)9-6-13-30-25)38(36,37)26(2)11-4-7-18(28)14-26/h3-4,6-7,9,13-14,16-17,19,35H,1,5,8,10-12,15H2,2H3,(H,31,32,33)/t19-,26?,27-/m0/s1. The SMILES string of the molecule is C=CC[C@]1(O)CCC[C@H](Nc2nc(-c3cn(S(=O)(=O)C4(C)C=C(Cl)C=CC4)c4ncccc34)ncc2F)C1. The van der Waals surface area contributed by atoms with E-state index in [9.17, 15) is 17.9 Å². The molecule has 3 heterocycles. The lowest BCUT2D eigenvalue weighted by Gasteiger charge is -2.36. The van der Waals surface area contributed by atoms with E-state index in [-0.39, 0.29) is 29.8 Å². The van der Waals surface area contributed by atoms with E-state index in [0.29, 0.717) is 35.2 Å². The number of hydrogen-bond acceptors (Lipinski definition) is 7. The minimum Gasteiger partial charge on any atom is -0.389 e. The van der Waals surface area contributed by atoms with Crippen LogP contribution in [-0.4, -0.2) is 48.8 Å². The summed E-state index contributed by atoms with van der Waals surface area (Å²) in [5, 5.41) is 14.8. The van der Waals surface area contributed by atoms with Crippen LogP contribution in [-0.2, 0) is 10.0 Å². The lowest BCUT2D eigenvalue weighted by atomic mass is 9.80. The van der Waals surface area contributed by atoms with Gasteiger partial charge in [0.05, 0.1) is 11.8 Å². The van der Waals surface area contributed by atoms with Crippen LogP contribution in [0.15, 0.2) is 66.6 Å². The van der Waals surface area contributed by atoms with Crippen LogP contribution in [0.3, 0.4) is 0 Å². The summed E-state index contributed by atoms with van der Waals surface area (Å²) in [5.41, 5.74) is -0.275. The van der Waals surface area contributed by atoms with Crippen molar-refractivity contribution in [3.63, 3.8) is 0 Å². The Morgan fingerprint density at radius 2 is 2.21 bits per heavy atom. The molecule has 2 aliphatic rings. The van der Waals surface area contributed by atoms with Crippen molar-refractivity contribution in [2.75, 3.05) is 5.32 Å². The molecule has 1 saturated carbocycles. The van der Waals surface area contributed by atoms with Crippen molar-refractivity contribution in [1.82, 2.24) is 18.9 Å². The molecular weight excluding hydrogens is 529 g/mol. The summed E-state index contributed by atoms with van der Waals surface area (Å²) in [6.07, 6.45) is 13.9. The Morgan fingerprint density at radius 1 is 1.39 bits per heavy atom. The zero-order valence-corrected chi connectivity index (χ0v) is 22.5.